The number of aliphatic hydroxyl groups excluding tert-OH is 1. The first-order valence-electron chi connectivity index (χ1n) is 4.06. The maximum absolute atomic E-state index is 12.4. The van der Waals surface area contributed by atoms with Crippen molar-refractivity contribution in [3.8, 4) is 0 Å². The Morgan fingerprint density at radius 1 is 1.14 bits per heavy atom. The molecule has 1 unspecified atom stereocenters. The van der Waals surface area contributed by atoms with Gasteiger partial charge in [0.15, 0.2) is 0 Å². The molecule has 0 fully saturated rings. The summed E-state index contributed by atoms with van der Waals surface area (Å²) in [6, 6.07) is 5.99. The second kappa shape index (κ2) is 2.85. The van der Waals surface area contributed by atoms with E-state index in [4.69, 9.17) is 0 Å². The first-order valence-corrected chi connectivity index (χ1v) is 4.06. The van der Waals surface area contributed by atoms with Crippen LogP contribution in [0.1, 0.15) is 17.2 Å². The van der Waals surface area contributed by atoms with Gasteiger partial charge >= 0.3 is 6.18 Å². The van der Waals surface area contributed by atoms with E-state index in [0.29, 0.717) is 5.56 Å². The fourth-order valence-corrected chi connectivity index (χ4v) is 1.58. The molecule has 0 saturated heterocycles. The van der Waals surface area contributed by atoms with Crippen molar-refractivity contribution in [2.24, 2.45) is 0 Å². The van der Waals surface area contributed by atoms with Crippen LogP contribution < -0.4 is 0 Å². The fraction of sp³-hybridized carbons (Fsp3) is 0.200. The molecular formula is C10H7F3O. The molecule has 1 nitrogen and oxygen atoms in total. The van der Waals surface area contributed by atoms with Crippen molar-refractivity contribution in [1.82, 2.24) is 0 Å². The molecule has 1 aliphatic rings. The van der Waals surface area contributed by atoms with E-state index in [2.05, 4.69) is 0 Å². The van der Waals surface area contributed by atoms with Gasteiger partial charge in [-0.05, 0) is 17.2 Å². The predicted octanol–water partition coefficient (Wildman–Crippen LogP) is 2.68. The molecule has 0 saturated carbocycles. The molecule has 1 atom stereocenters. The lowest BCUT2D eigenvalue weighted by Crippen LogP contribution is -2.09. The van der Waals surface area contributed by atoms with E-state index in [1.54, 1.807) is 6.07 Å². The molecule has 0 amide bonds. The summed E-state index contributed by atoms with van der Waals surface area (Å²) in [6.07, 6.45) is -4.69. The highest BCUT2D eigenvalue weighted by Crippen LogP contribution is 2.43. The smallest absolute Gasteiger partial charge is 0.384 e. The number of alkyl halides is 3. The third-order valence-electron chi connectivity index (χ3n) is 2.20. The lowest BCUT2D eigenvalue weighted by Gasteiger charge is -2.08. The average Bonchev–Trinajstić information content (AvgIpc) is 2.44. The minimum atomic E-state index is -4.40. The average molecular weight is 200 g/mol. The predicted molar refractivity (Wildman–Crippen MR) is 45.4 cm³/mol. The van der Waals surface area contributed by atoms with Gasteiger partial charge in [0.1, 0.15) is 0 Å². The summed E-state index contributed by atoms with van der Waals surface area (Å²) in [6.45, 7) is 0. The normalized spacial score (nSPS) is 20.6. The van der Waals surface area contributed by atoms with E-state index in [1.807, 2.05) is 0 Å². The van der Waals surface area contributed by atoms with Gasteiger partial charge in [0.05, 0.1) is 11.7 Å². The molecule has 0 aliphatic heterocycles. The monoisotopic (exact) mass is 200 g/mol. The van der Waals surface area contributed by atoms with Gasteiger partial charge in [-0.2, -0.15) is 13.2 Å². The molecule has 74 valence electrons. The summed E-state index contributed by atoms with van der Waals surface area (Å²) in [4.78, 5) is 0. The maximum atomic E-state index is 12.4. The van der Waals surface area contributed by atoms with Gasteiger partial charge in [-0.15, -0.1) is 0 Å². The topological polar surface area (TPSA) is 20.2 Å². The largest absolute Gasteiger partial charge is 0.416 e. The number of benzene rings is 1. The molecule has 14 heavy (non-hydrogen) atoms. The van der Waals surface area contributed by atoms with Crippen LogP contribution in [-0.2, 0) is 0 Å². The van der Waals surface area contributed by atoms with Crippen molar-refractivity contribution in [1.29, 1.82) is 0 Å². The van der Waals surface area contributed by atoms with Crippen molar-refractivity contribution in [3.63, 3.8) is 0 Å². The van der Waals surface area contributed by atoms with Crippen LogP contribution in [0.25, 0.3) is 5.57 Å². The van der Waals surface area contributed by atoms with Crippen LogP contribution in [0.4, 0.5) is 13.2 Å². The Balaban J connectivity index is 2.54. The van der Waals surface area contributed by atoms with Crippen molar-refractivity contribution in [2.75, 3.05) is 0 Å². The van der Waals surface area contributed by atoms with Gasteiger partial charge in [0.2, 0.25) is 0 Å². The highest BCUT2D eigenvalue weighted by molar-refractivity contribution is 5.77. The molecule has 4 heteroatoms. The van der Waals surface area contributed by atoms with Crippen molar-refractivity contribution in [2.45, 2.75) is 12.3 Å². The zero-order chi connectivity index (χ0) is 10.3. The summed E-state index contributed by atoms with van der Waals surface area (Å²) < 4.78 is 37.3. The SMILES string of the molecule is OC1C=C(C(F)(F)F)c2ccccc21. The third-order valence-corrected chi connectivity index (χ3v) is 2.20. The number of aliphatic hydroxyl groups is 1. The minimum Gasteiger partial charge on any atom is -0.384 e. The van der Waals surface area contributed by atoms with Crippen LogP contribution in [-0.4, -0.2) is 11.3 Å². The van der Waals surface area contributed by atoms with Crippen LogP contribution in [0.5, 0.6) is 0 Å². The quantitative estimate of drug-likeness (QED) is 0.682. The van der Waals surface area contributed by atoms with E-state index >= 15 is 0 Å². The van der Waals surface area contributed by atoms with E-state index < -0.39 is 17.9 Å². The zero-order valence-corrected chi connectivity index (χ0v) is 7.05. The summed E-state index contributed by atoms with van der Waals surface area (Å²) in [7, 11) is 0. The van der Waals surface area contributed by atoms with E-state index in [-0.39, 0.29) is 5.56 Å². The molecule has 1 aromatic rings. The molecule has 1 aromatic carbocycles. The zero-order valence-electron chi connectivity index (χ0n) is 7.05. The Morgan fingerprint density at radius 3 is 2.43 bits per heavy atom. The molecule has 0 radical (unpaired) electrons. The highest BCUT2D eigenvalue weighted by Gasteiger charge is 2.39. The van der Waals surface area contributed by atoms with Gasteiger partial charge in [-0.3, -0.25) is 0 Å². The van der Waals surface area contributed by atoms with Crippen LogP contribution in [0.3, 0.4) is 0 Å². The molecule has 0 spiro atoms. The number of rotatable bonds is 0. The number of fused-ring (bicyclic) bond motifs is 1. The van der Waals surface area contributed by atoms with Gasteiger partial charge in [-0.1, -0.05) is 24.3 Å². The van der Waals surface area contributed by atoms with Crippen LogP contribution in [0.2, 0.25) is 0 Å². The van der Waals surface area contributed by atoms with Crippen molar-refractivity contribution in [3.05, 3.63) is 41.5 Å². The number of allylic oxidation sites excluding steroid dienone is 1. The Morgan fingerprint density at radius 2 is 1.79 bits per heavy atom. The summed E-state index contributed by atoms with van der Waals surface area (Å²) in [5.74, 6) is 0. The molecule has 1 N–H and O–H groups in total. The van der Waals surface area contributed by atoms with Gasteiger partial charge in [-0.25, -0.2) is 0 Å². The second-order valence-corrected chi connectivity index (χ2v) is 3.11. The Hall–Kier alpha value is -1.29. The molecule has 1 aliphatic carbocycles. The Kier molecular flexibility index (Phi) is 1.89. The maximum Gasteiger partial charge on any atom is 0.416 e. The van der Waals surface area contributed by atoms with E-state index in [9.17, 15) is 18.3 Å². The lowest BCUT2D eigenvalue weighted by molar-refractivity contribution is -0.0689. The third kappa shape index (κ3) is 1.32. The van der Waals surface area contributed by atoms with Crippen molar-refractivity contribution >= 4 is 5.57 Å². The molecule has 0 heterocycles. The van der Waals surface area contributed by atoms with Crippen LogP contribution >= 0.6 is 0 Å². The number of hydrogen-bond acceptors (Lipinski definition) is 1. The summed E-state index contributed by atoms with van der Waals surface area (Å²) in [5, 5.41) is 9.34. The van der Waals surface area contributed by atoms with Crippen LogP contribution in [0.15, 0.2) is 30.3 Å². The summed E-state index contributed by atoms with van der Waals surface area (Å²) >= 11 is 0. The highest BCUT2D eigenvalue weighted by atomic mass is 19.4. The first-order chi connectivity index (χ1) is 6.50. The van der Waals surface area contributed by atoms with Gasteiger partial charge in [0.25, 0.3) is 0 Å². The van der Waals surface area contributed by atoms with Crippen LogP contribution in [0, 0.1) is 0 Å². The Bertz CT molecular complexity index is 393. The lowest BCUT2D eigenvalue weighted by atomic mass is 10.1. The van der Waals surface area contributed by atoms with Crippen molar-refractivity contribution < 1.29 is 18.3 Å². The van der Waals surface area contributed by atoms with E-state index in [0.717, 1.165) is 6.08 Å². The molecule has 0 aromatic heterocycles. The fourth-order valence-electron chi connectivity index (χ4n) is 1.58. The molecular weight excluding hydrogens is 193 g/mol. The molecule has 2 rings (SSSR count). The standard InChI is InChI=1S/C10H7F3O/c11-10(12,13)8-5-9(14)7-4-2-1-3-6(7)8/h1-5,9,14H. The minimum absolute atomic E-state index is 0.0764. The molecule has 0 bridgehead atoms. The van der Waals surface area contributed by atoms with Gasteiger partial charge in [0, 0.05) is 0 Å². The summed E-state index contributed by atoms with van der Waals surface area (Å²) in [5.41, 5.74) is -0.354. The number of hydrogen-bond donors (Lipinski definition) is 1. The second-order valence-electron chi connectivity index (χ2n) is 3.11. The number of halogens is 3. The van der Waals surface area contributed by atoms with Gasteiger partial charge < -0.3 is 5.11 Å². The first kappa shape index (κ1) is 9.27. The van der Waals surface area contributed by atoms with E-state index in [1.165, 1.54) is 18.2 Å². The Labute approximate surface area is 78.5 Å².